The van der Waals surface area contributed by atoms with Gasteiger partial charge in [0.25, 0.3) is 5.91 Å². The summed E-state index contributed by atoms with van der Waals surface area (Å²) < 4.78 is 13.6. The molecule has 1 amide bonds. The Morgan fingerprint density at radius 3 is 2.58 bits per heavy atom. The Labute approximate surface area is 139 Å². The van der Waals surface area contributed by atoms with Crippen molar-refractivity contribution in [3.05, 3.63) is 65.2 Å². The van der Waals surface area contributed by atoms with Crippen LogP contribution in [0.2, 0.25) is 0 Å². The van der Waals surface area contributed by atoms with E-state index < -0.39 is 11.7 Å². The maximum atomic E-state index is 13.6. The molecule has 1 heterocycles. The minimum atomic E-state index is -0.658. The third-order valence-corrected chi connectivity index (χ3v) is 4.16. The van der Waals surface area contributed by atoms with Gasteiger partial charge in [-0.25, -0.2) is 4.39 Å². The zero-order valence-electron chi connectivity index (χ0n) is 13.1. The third-order valence-electron chi connectivity index (χ3n) is 4.16. The van der Waals surface area contributed by atoms with E-state index in [2.05, 4.69) is 10.3 Å². The van der Waals surface area contributed by atoms with E-state index in [9.17, 15) is 14.0 Å². The summed E-state index contributed by atoms with van der Waals surface area (Å²) in [7, 11) is 0. The van der Waals surface area contributed by atoms with E-state index in [1.165, 1.54) is 12.3 Å². The molecule has 1 aromatic heterocycles. The normalized spacial score (nSPS) is 14.4. The van der Waals surface area contributed by atoms with Gasteiger partial charge in [0, 0.05) is 11.9 Å². The maximum Gasteiger partial charge on any atom is 0.258 e. The van der Waals surface area contributed by atoms with Crippen LogP contribution in [0.3, 0.4) is 0 Å². The number of pyridine rings is 1. The van der Waals surface area contributed by atoms with Gasteiger partial charge in [-0.1, -0.05) is 12.1 Å². The van der Waals surface area contributed by atoms with Crippen molar-refractivity contribution < 1.29 is 14.0 Å². The molecule has 0 fully saturated rings. The molecule has 1 N–H and O–H groups in total. The number of nitrogens with one attached hydrogen (secondary N) is 1. The average Bonchev–Trinajstić information content (AvgIpc) is 2.62. The number of benzene rings is 1. The topological polar surface area (TPSA) is 59.1 Å². The average molecular weight is 324 g/mol. The lowest BCUT2D eigenvalue weighted by Crippen LogP contribution is -2.13. The zero-order chi connectivity index (χ0) is 16.9. The number of halogens is 1. The second-order valence-corrected chi connectivity index (χ2v) is 5.72. The monoisotopic (exact) mass is 324 g/mol. The fraction of sp³-hybridized carbons (Fsp3) is 0.211. The van der Waals surface area contributed by atoms with E-state index in [4.69, 9.17) is 0 Å². The highest BCUT2D eigenvalue weighted by Crippen LogP contribution is 2.31. The Hall–Kier alpha value is -2.82. The first-order valence-electron chi connectivity index (χ1n) is 7.87. The van der Waals surface area contributed by atoms with Gasteiger partial charge in [-0.15, -0.1) is 0 Å². The second-order valence-electron chi connectivity index (χ2n) is 5.72. The molecule has 24 heavy (non-hydrogen) atoms. The molecule has 0 saturated carbocycles. The van der Waals surface area contributed by atoms with Crippen molar-refractivity contribution in [3.63, 3.8) is 0 Å². The van der Waals surface area contributed by atoms with Gasteiger partial charge < -0.3 is 5.32 Å². The maximum absolute atomic E-state index is 13.6. The number of anilines is 1. The summed E-state index contributed by atoms with van der Waals surface area (Å²) in [6.07, 6.45) is 7.15. The van der Waals surface area contributed by atoms with Gasteiger partial charge in [0.15, 0.2) is 5.82 Å². The van der Waals surface area contributed by atoms with Crippen molar-refractivity contribution in [1.29, 1.82) is 0 Å². The van der Waals surface area contributed by atoms with Crippen LogP contribution in [0.5, 0.6) is 0 Å². The lowest BCUT2D eigenvalue weighted by atomic mass is 9.88. The van der Waals surface area contributed by atoms with E-state index in [1.54, 1.807) is 12.1 Å². The van der Waals surface area contributed by atoms with Crippen LogP contribution in [0, 0.1) is 5.82 Å². The predicted octanol–water partition coefficient (Wildman–Crippen LogP) is 4.00. The largest absolute Gasteiger partial charge is 0.322 e. The quantitative estimate of drug-likeness (QED) is 0.865. The minimum Gasteiger partial charge on any atom is -0.322 e. The van der Waals surface area contributed by atoms with Gasteiger partial charge in [-0.2, -0.15) is 0 Å². The molecule has 2 aromatic rings. The Morgan fingerprint density at radius 2 is 1.88 bits per heavy atom. The van der Waals surface area contributed by atoms with Crippen LogP contribution in [-0.2, 0) is 4.79 Å². The molecule has 0 radical (unpaired) electrons. The SMILES string of the molecule is O=CC1=C(c2ccc(NC(=O)c3ccncc3F)cc2)CCCC1. The molecule has 0 spiro atoms. The summed E-state index contributed by atoms with van der Waals surface area (Å²) in [5.74, 6) is -1.18. The molecule has 3 rings (SSSR count). The number of carbonyl (C=O) groups excluding carboxylic acids is 2. The van der Waals surface area contributed by atoms with Gasteiger partial charge in [0.1, 0.15) is 6.29 Å². The van der Waals surface area contributed by atoms with Crippen molar-refractivity contribution in [2.45, 2.75) is 25.7 Å². The van der Waals surface area contributed by atoms with Crippen molar-refractivity contribution in [1.82, 2.24) is 4.98 Å². The van der Waals surface area contributed by atoms with Crippen LogP contribution in [0.15, 0.2) is 48.3 Å². The number of allylic oxidation sites excluding steroid dienone is 2. The smallest absolute Gasteiger partial charge is 0.258 e. The summed E-state index contributed by atoms with van der Waals surface area (Å²) in [5.41, 5.74) is 3.45. The van der Waals surface area contributed by atoms with Crippen LogP contribution in [0.4, 0.5) is 10.1 Å². The Bertz CT molecular complexity index is 797. The molecule has 1 aliphatic rings. The number of nitrogens with zero attached hydrogens (tertiary/aromatic N) is 1. The van der Waals surface area contributed by atoms with E-state index in [0.717, 1.165) is 54.9 Å². The minimum absolute atomic E-state index is 0.0488. The molecular formula is C19H17FN2O2. The molecule has 122 valence electrons. The van der Waals surface area contributed by atoms with Crippen molar-refractivity contribution in [2.24, 2.45) is 0 Å². The molecule has 5 heteroatoms. The van der Waals surface area contributed by atoms with Crippen molar-refractivity contribution in [2.75, 3.05) is 5.32 Å². The molecule has 0 bridgehead atoms. The lowest BCUT2D eigenvalue weighted by Gasteiger charge is -2.17. The van der Waals surface area contributed by atoms with Gasteiger partial charge in [0.2, 0.25) is 0 Å². The molecule has 0 unspecified atom stereocenters. The van der Waals surface area contributed by atoms with Gasteiger partial charge in [-0.05, 0) is 60.6 Å². The first-order chi connectivity index (χ1) is 11.7. The van der Waals surface area contributed by atoms with Crippen LogP contribution in [0.25, 0.3) is 5.57 Å². The summed E-state index contributed by atoms with van der Waals surface area (Å²) in [6.45, 7) is 0. The number of hydrogen-bond donors (Lipinski definition) is 1. The highest BCUT2D eigenvalue weighted by Gasteiger charge is 2.15. The first-order valence-corrected chi connectivity index (χ1v) is 7.87. The highest BCUT2D eigenvalue weighted by molar-refractivity contribution is 6.04. The molecule has 0 aliphatic heterocycles. The summed E-state index contributed by atoms with van der Waals surface area (Å²) in [5, 5.41) is 2.66. The Balaban J connectivity index is 1.78. The van der Waals surface area contributed by atoms with Crippen molar-refractivity contribution >= 4 is 23.5 Å². The lowest BCUT2D eigenvalue weighted by molar-refractivity contribution is -0.105. The first kappa shape index (κ1) is 16.1. The number of rotatable bonds is 4. The van der Waals surface area contributed by atoms with Crippen molar-refractivity contribution in [3.8, 4) is 0 Å². The number of aromatic nitrogens is 1. The fourth-order valence-electron chi connectivity index (χ4n) is 2.90. The third kappa shape index (κ3) is 3.40. The van der Waals surface area contributed by atoms with E-state index >= 15 is 0 Å². The molecule has 0 saturated heterocycles. The Kier molecular flexibility index (Phi) is 4.79. The van der Waals surface area contributed by atoms with Crippen LogP contribution in [-0.4, -0.2) is 17.2 Å². The van der Waals surface area contributed by atoms with Crippen LogP contribution >= 0.6 is 0 Å². The molecule has 0 atom stereocenters. The number of carbonyl (C=O) groups is 2. The van der Waals surface area contributed by atoms with Gasteiger partial charge >= 0.3 is 0 Å². The van der Waals surface area contributed by atoms with Crippen LogP contribution in [0.1, 0.15) is 41.6 Å². The summed E-state index contributed by atoms with van der Waals surface area (Å²) >= 11 is 0. The standard InChI is InChI=1S/C19H17FN2O2/c20-18-11-21-10-9-17(18)19(24)22-15-7-5-13(6-8-15)16-4-2-1-3-14(16)12-23/h5-12H,1-4H2,(H,22,24). The van der Waals surface area contributed by atoms with E-state index in [0.29, 0.717) is 5.69 Å². The number of aldehydes is 1. The van der Waals surface area contributed by atoms with E-state index in [-0.39, 0.29) is 5.56 Å². The Morgan fingerprint density at radius 1 is 1.12 bits per heavy atom. The zero-order valence-corrected chi connectivity index (χ0v) is 13.1. The molecule has 1 aliphatic carbocycles. The molecule has 4 nitrogen and oxygen atoms in total. The second kappa shape index (κ2) is 7.17. The molecule has 1 aromatic carbocycles. The van der Waals surface area contributed by atoms with Gasteiger partial charge in [-0.3, -0.25) is 14.6 Å². The summed E-state index contributed by atoms with van der Waals surface area (Å²) in [4.78, 5) is 26.9. The van der Waals surface area contributed by atoms with Gasteiger partial charge in [0.05, 0.1) is 11.8 Å². The predicted molar refractivity (Wildman–Crippen MR) is 90.0 cm³/mol. The molecular weight excluding hydrogens is 307 g/mol. The fourth-order valence-corrected chi connectivity index (χ4v) is 2.90. The summed E-state index contributed by atoms with van der Waals surface area (Å²) in [6, 6.07) is 8.61. The van der Waals surface area contributed by atoms with E-state index in [1.807, 2.05) is 12.1 Å². The number of amides is 1. The number of hydrogen-bond acceptors (Lipinski definition) is 3. The highest BCUT2D eigenvalue weighted by atomic mass is 19.1. The van der Waals surface area contributed by atoms with Crippen LogP contribution < -0.4 is 5.32 Å².